The number of aryl methyl sites for hydroxylation is 1. The lowest BCUT2D eigenvalue weighted by Crippen LogP contribution is -2.22. The lowest BCUT2D eigenvalue weighted by atomic mass is 10.2. The molecule has 0 saturated heterocycles. The second-order valence-electron chi connectivity index (χ2n) is 5.40. The third-order valence-electron chi connectivity index (χ3n) is 3.48. The highest BCUT2D eigenvalue weighted by atomic mass is 16.1. The van der Waals surface area contributed by atoms with E-state index in [1.807, 2.05) is 19.9 Å². The molecule has 25 heavy (non-hydrogen) atoms. The molecule has 3 heterocycles. The van der Waals surface area contributed by atoms with Gasteiger partial charge in [-0.25, -0.2) is 9.97 Å². The molecule has 9 nitrogen and oxygen atoms in total. The van der Waals surface area contributed by atoms with E-state index in [2.05, 4.69) is 36.0 Å². The number of hydrogen-bond donors (Lipinski definition) is 3. The minimum atomic E-state index is -0.117. The second-order valence-corrected chi connectivity index (χ2v) is 5.40. The van der Waals surface area contributed by atoms with E-state index in [0.717, 1.165) is 11.5 Å². The maximum atomic E-state index is 11.7. The number of anilines is 2. The Morgan fingerprint density at radius 3 is 2.80 bits per heavy atom. The third kappa shape index (κ3) is 4.00. The molecule has 1 amide bonds. The van der Waals surface area contributed by atoms with Crippen molar-refractivity contribution >= 4 is 23.3 Å². The highest BCUT2D eigenvalue weighted by molar-refractivity contribution is 5.93. The molecule has 0 fully saturated rings. The topological polar surface area (TPSA) is 109 Å². The van der Waals surface area contributed by atoms with Gasteiger partial charge in [0.05, 0.1) is 5.56 Å². The minimum absolute atomic E-state index is 0.117. The fraction of sp³-hybridized carbons (Fsp3) is 0.312. The average molecular weight is 340 g/mol. The maximum absolute atomic E-state index is 11.7. The van der Waals surface area contributed by atoms with Crippen molar-refractivity contribution in [2.75, 3.05) is 30.3 Å². The van der Waals surface area contributed by atoms with Crippen LogP contribution in [0.3, 0.4) is 0 Å². The molecule has 9 heteroatoms. The minimum Gasteiger partial charge on any atom is -0.368 e. The van der Waals surface area contributed by atoms with Crippen LogP contribution in [0.1, 0.15) is 23.0 Å². The molecule has 0 atom stereocenters. The molecule has 0 saturated carbocycles. The van der Waals surface area contributed by atoms with E-state index in [4.69, 9.17) is 0 Å². The molecule has 0 aliphatic carbocycles. The van der Waals surface area contributed by atoms with Gasteiger partial charge in [0.1, 0.15) is 18.0 Å². The van der Waals surface area contributed by atoms with Crippen LogP contribution in [0.25, 0.3) is 5.78 Å². The molecule has 0 radical (unpaired) electrons. The van der Waals surface area contributed by atoms with Crippen LogP contribution in [-0.4, -0.2) is 50.1 Å². The predicted octanol–water partition coefficient (Wildman–Crippen LogP) is 1.10. The first kappa shape index (κ1) is 16.6. The highest BCUT2D eigenvalue weighted by Crippen LogP contribution is 2.10. The number of fused-ring (bicyclic) bond motifs is 1. The van der Waals surface area contributed by atoms with Gasteiger partial charge in [0.2, 0.25) is 0 Å². The average Bonchev–Trinajstić information content (AvgIpc) is 3.07. The summed E-state index contributed by atoms with van der Waals surface area (Å²) in [7, 11) is 0. The predicted molar refractivity (Wildman–Crippen MR) is 94.7 cm³/mol. The van der Waals surface area contributed by atoms with Crippen molar-refractivity contribution < 1.29 is 4.79 Å². The van der Waals surface area contributed by atoms with Gasteiger partial charge in [-0.3, -0.25) is 4.79 Å². The Bertz CT molecular complexity index is 858. The Balaban J connectivity index is 1.53. The van der Waals surface area contributed by atoms with E-state index < -0.39 is 0 Å². The molecule has 3 aromatic heterocycles. The normalized spacial score (nSPS) is 10.6. The standard InChI is InChI=1S/C16H20N8O/c1-3-17-15(25)12-4-5-13(20-9-12)18-6-7-19-14-8-11(2)23-16-21-10-22-24(14)16/h4-5,8-10,19H,3,6-7H2,1-2H3,(H,17,25)(H,18,20). The molecule has 3 aromatic rings. The lowest BCUT2D eigenvalue weighted by Gasteiger charge is -2.10. The summed E-state index contributed by atoms with van der Waals surface area (Å²) in [6.45, 7) is 5.71. The second kappa shape index (κ2) is 7.56. The van der Waals surface area contributed by atoms with Crippen molar-refractivity contribution in [3.05, 3.63) is 42.0 Å². The number of hydrogen-bond acceptors (Lipinski definition) is 7. The van der Waals surface area contributed by atoms with Gasteiger partial charge in [0.15, 0.2) is 0 Å². The monoisotopic (exact) mass is 340 g/mol. The van der Waals surface area contributed by atoms with Gasteiger partial charge >= 0.3 is 0 Å². The molecule has 0 bridgehead atoms. The van der Waals surface area contributed by atoms with E-state index in [-0.39, 0.29) is 5.91 Å². The zero-order valence-electron chi connectivity index (χ0n) is 14.2. The smallest absolute Gasteiger partial charge is 0.254 e. The van der Waals surface area contributed by atoms with Gasteiger partial charge in [-0.1, -0.05) is 0 Å². The molecule has 3 N–H and O–H groups in total. The molecular weight excluding hydrogens is 320 g/mol. The van der Waals surface area contributed by atoms with Gasteiger partial charge in [-0.2, -0.15) is 14.6 Å². The Hall–Kier alpha value is -3.23. The summed E-state index contributed by atoms with van der Waals surface area (Å²) in [5, 5.41) is 13.4. The molecule has 0 spiro atoms. The van der Waals surface area contributed by atoms with E-state index >= 15 is 0 Å². The van der Waals surface area contributed by atoms with E-state index in [1.54, 1.807) is 22.8 Å². The number of rotatable bonds is 7. The summed E-state index contributed by atoms with van der Waals surface area (Å²) in [6.07, 6.45) is 3.04. The van der Waals surface area contributed by atoms with Crippen molar-refractivity contribution in [3.63, 3.8) is 0 Å². The molecule has 3 rings (SSSR count). The first-order chi connectivity index (χ1) is 12.2. The SMILES string of the molecule is CCNC(=O)c1ccc(NCCNc2cc(C)nc3ncnn23)nc1. The van der Waals surface area contributed by atoms with Crippen molar-refractivity contribution in [1.82, 2.24) is 29.9 Å². The summed E-state index contributed by atoms with van der Waals surface area (Å²) in [5.41, 5.74) is 1.42. The summed E-state index contributed by atoms with van der Waals surface area (Å²) < 4.78 is 1.66. The number of pyridine rings is 1. The van der Waals surface area contributed by atoms with Crippen LogP contribution in [0.15, 0.2) is 30.7 Å². The van der Waals surface area contributed by atoms with Gasteiger partial charge in [0.25, 0.3) is 11.7 Å². The number of aromatic nitrogens is 5. The van der Waals surface area contributed by atoms with Crippen LogP contribution < -0.4 is 16.0 Å². The van der Waals surface area contributed by atoms with E-state index in [9.17, 15) is 4.79 Å². The number of amides is 1. The van der Waals surface area contributed by atoms with E-state index in [0.29, 0.717) is 36.8 Å². The number of carbonyl (C=O) groups excluding carboxylic acids is 1. The number of nitrogens with one attached hydrogen (secondary N) is 3. The molecule has 130 valence electrons. The summed E-state index contributed by atoms with van der Waals surface area (Å²) in [6, 6.07) is 5.46. The van der Waals surface area contributed by atoms with Crippen molar-refractivity contribution in [3.8, 4) is 0 Å². The number of nitrogens with zero attached hydrogens (tertiary/aromatic N) is 5. The Kier molecular flexibility index (Phi) is 5.03. The first-order valence-corrected chi connectivity index (χ1v) is 8.06. The third-order valence-corrected chi connectivity index (χ3v) is 3.48. The van der Waals surface area contributed by atoms with Crippen LogP contribution >= 0.6 is 0 Å². The molecule has 0 aromatic carbocycles. The zero-order valence-corrected chi connectivity index (χ0v) is 14.2. The summed E-state index contributed by atoms with van der Waals surface area (Å²) in [5.74, 6) is 2.00. The molecule has 0 aliphatic heterocycles. The fourth-order valence-corrected chi connectivity index (χ4v) is 2.33. The Morgan fingerprint density at radius 1 is 1.20 bits per heavy atom. The summed E-state index contributed by atoms with van der Waals surface area (Å²) >= 11 is 0. The Labute approximate surface area is 144 Å². The van der Waals surface area contributed by atoms with Gasteiger partial charge in [-0.05, 0) is 26.0 Å². The van der Waals surface area contributed by atoms with Crippen molar-refractivity contribution in [1.29, 1.82) is 0 Å². The summed E-state index contributed by atoms with van der Waals surface area (Å²) in [4.78, 5) is 24.3. The fourth-order valence-electron chi connectivity index (χ4n) is 2.33. The lowest BCUT2D eigenvalue weighted by molar-refractivity contribution is 0.0955. The molecule has 0 unspecified atom stereocenters. The van der Waals surface area contributed by atoms with Crippen LogP contribution in [0.5, 0.6) is 0 Å². The maximum Gasteiger partial charge on any atom is 0.254 e. The van der Waals surface area contributed by atoms with Crippen LogP contribution in [0.4, 0.5) is 11.6 Å². The largest absolute Gasteiger partial charge is 0.368 e. The first-order valence-electron chi connectivity index (χ1n) is 8.06. The Morgan fingerprint density at radius 2 is 2.04 bits per heavy atom. The van der Waals surface area contributed by atoms with Crippen LogP contribution in [0.2, 0.25) is 0 Å². The van der Waals surface area contributed by atoms with Crippen LogP contribution in [0, 0.1) is 6.92 Å². The van der Waals surface area contributed by atoms with Gasteiger partial charge in [0, 0.05) is 37.6 Å². The molecular formula is C16H20N8O. The number of carbonyl (C=O) groups is 1. The van der Waals surface area contributed by atoms with Gasteiger partial charge in [-0.15, -0.1) is 0 Å². The van der Waals surface area contributed by atoms with Crippen LogP contribution in [-0.2, 0) is 0 Å². The van der Waals surface area contributed by atoms with Crippen molar-refractivity contribution in [2.45, 2.75) is 13.8 Å². The quantitative estimate of drug-likeness (QED) is 0.553. The van der Waals surface area contributed by atoms with Gasteiger partial charge < -0.3 is 16.0 Å². The highest BCUT2D eigenvalue weighted by Gasteiger charge is 2.06. The zero-order chi connectivity index (χ0) is 17.6. The molecule has 0 aliphatic rings. The van der Waals surface area contributed by atoms with Crippen molar-refractivity contribution in [2.24, 2.45) is 0 Å². The van der Waals surface area contributed by atoms with E-state index in [1.165, 1.54) is 6.33 Å².